The minimum Gasteiger partial charge on any atom is -0.325 e. The first kappa shape index (κ1) is 19.5. The zero-order chi connectivity index (χ0) is 19.8. The van der Waals surface area contributed by atoms with Crippen molar-refractivity contribution >= 4 is 23.4 Å². The average Bonchev–Trinajstić information content (AvgIpc) is 3.58. The van der Waals surface area contributed by atoms with Crippen LogP contribution in [0.2, 0.25) is 0 Å². The molecule has 2 fully saturated rings. The molecule has 1 heterocycles. The molecular weight excluding hydrogens is 368 g/mol. The molecule has 150 valence electrons. The molecule has 4 rings (SSSR count). The molecular formula is C22H30N4OS. The highest BCUT2D eigenvalue weighted by molar-refractivity contribution is 7.99. The van der Waals surface area contributed by atoms with Gasteiger partial charge in [0.25, 0.3) is 0 Å². The molecule has 0 aliphatic heterocycles. The number of aromatic nitrogens is 3. The van der Waals surface area contributed by atoms with E-state index >= 15 is 0 Å². The van der Waals surface area contributed by atoms with Gasteiger partial charge in [0.2, 0.25) is 5.91 Å². The third kappa shape index (κ3) is 4.12. The molecule has 6 heteroatoms. The minimum atomic E-state index is 0.0262. The summed E-state index contributed by atoms with van der Waals surface area (Å²) in [6.07, 6.45) is 4.86. The van der Waals surface area contributed by atoms with Crippen LogP contribution in [0, 0.1) is 0 Å². The SMILES string of the molecule is CC(C)c1cccc(C(C)C)c1NC(=O)CSc1nnc(C2CC2)n1C1CC1. The second kappa shape index (κ2) is 7.90. The van der Waals surface area contributed by atoms with Crippen LogP contribution in [0.5, 0.6) is 0 Å². The molecule has 1 amide bonds. The lowest BCUT2D eigenvalue weighted by Crippen LogP contribution is -2.18. The van der Waals surface area contributed by atoms with E-state index in [2.05, 4.69) is 66.0 Å². The average molecular weight is 399 g/mol. The van der Waals surface area contributed by atoms with Crippen LogP contribution in [-0.4, -0.2) is 26.4 Å². The fourth-order valence-corrected chi connectivity index (χ4v) is 4.50. The molecule has 0 unspecified atom stereocenters. The van der Waals surface area contributed by atoms with E-state index in [4.69, 9.17) is 0 Å². The van der Waals surface area contributed by atoms with Gasteiger partial charge in [0.15, 0.2) is 5.16 Å². The van der Waals surface area contributed by atoms with E-state index < -0.39 is 0 Å². The Labute approximate surface area is 171 Å². The quantitative estimate of drug-likeness (QED) is 0.599. The predicted octanol–water partition coefficient (Wildman–Crippen LogP) is 5.47. The van der Waals surface area contributed by atoms with Gasteiger partial charge < -0.3 is 9.88 Å². The third-order valence-electron chi connectivity index (χ3n) is 5.52. The number of benzene rings is 1. The fourth-order valence-electron chi connectivity index (χ4n) is 3.68. The van der Waals surface area contributed by atoms with E-state index in [-0.39, 0.29) is 5.91 Å². The Bertz CT molecular complexity index is 839. The zero-order valence-electron chi connectivity index (χ0n) is 17.2. The molecule has 28 heavy (non-hydrogen) atoms. The van der Waals surface area contributed by atoms with Gasteiger partial charge in [-0.15, -0.1) is 10.2 Å². The molecule has 2 aliphatic rings. The first-order valence-corrected chi connectivity index (χ1v) is 11.4. The summed E-state index contributed by atoms with van der Waals surface area (Å²) in [5.74, 6) is 2.83. The molecule has 0 atom stereocenters. The highest BCUT2D eigenvalue weighted by Gasteiger charge is 2.36. The number of nitrogens with one attached hydrogen (secondary N) is 1. The number of para-hydroxylation sites is 1. The van der Waals surface area contributed by atoms with E-state index in [1.165, 1.54) is 48.6 Å². The summed E-state index contributed by atoms with van der Waals surface area (Å²) < 4.78 is 2.30. The normalized spacial score (nSPS) is 16.8. The van der Waals surface area contributed by atoms with Gasteiger partial charge in [0, 0.05) is 17.6 Å². The van der Waals surface area contributed by atoms with Crippen molar-refractivity contribution in [2.24, 2.45) is 0 Å². The Kier molecular flexibility index (Phi) is 5.50. The number of rotatable bonds is 8. The van der Waals surface area contributed by atoms with Crippen LogP contribution in [0.25, 0.3) is 0 Å². The molecule has 0 radical (unpaired) electrons. The van der Waals surface area contributed by atoms with Gasteiger partial charge in [-0.25, -0.2) is 0 Å². The van der Waals surface area contributed by atoms with Gasteiger partial charge in [-0.1, -0.05) is 57.7 Å². The van der Waals surface area contributed by atoms with E-state index in [0.717, 1.165) is 16.7 Å². The molecule has 5 nitrogen and oxygen atoms in total. The number of nitrogens with zero attached hydrogens (tertiary/aromatic N) is 3. The van der Waals surface area contributed by atoms with Gasteiger partial charge in [0.05, 0.1) is 5.75 Å². The lowest BCUT2D eigenvalue weighted by Gasteiger charge is -2.20. The number of hydrogen-bond acceptors (Lipinski definition) is 4. The summed E-state index contributed by atoms with van der Waals surface area (Å²) in [6.45, 7) is 8.67. The van der Waals surface area contributed by atoms with Gasteiger partial charge in [-0.2, -0.15) is 0 Å². The standard InChI is InChI=1S/C22H30N4OS/c1-13(2)17-6-5-7-18(14(3)4)20(17)23-19(27)12-28-22-25-24-21(15-8-9-15)26(22)16-10-11-16/h5-7,13-16H,8-12H2,1-4H3,(H,23,27). The number of amides is 1. The molecule has 0 saturated heterocycles. The molecule has 1 aromatic heterocycles. The zero-order valence-corrected chi connectivity index (χ0v) is 18.1. The Morgan fingerprint density at radius 2 is 1.75 bits per heavy atom. The van der Waals surface area contributed by atoms with Crippen molar-refractivity contribution in [3.63, 3.8) is 0 Å². The maximum absolute atomic E-state index is 12.8. The van der Waals surface area contributed by atoms with Crippen LogP contribution in [0.1, 0.15) is 94.1 Å². The van der Waals surface area contributed by atoms with Crippen molar-refractivity contribution in [2.75, 3.05) is 11.1 Å². The number of thioether (sulfide) groups is 1. The summed E-state index contributed by atoms with van der Waals surface area (Å²) in [4.78, 5) is 12.8. The smallest absolute Gasteiger partial charge is 0.234 e. The Hall–Kier alpha value is -1.82. The molecule has 0 spiro atoms. The van der Waals surface area contributed by atoms with Crippen LogP contribution in [0.4, 0.5) is 5.69 Å². The molecule has 2 saturated carbocycles. The first-order chi connectivity index (χ1) is 13.5. The molecule has 2 aliphatic carbocycles. The highest BCUT2D eigenvalue weighted by atomic mass is 32.2. The lowest BCUT2D eigenvalue weighted by atomic mass is 9.92. The van der Waals surface area contributed by atoms with Crippen molar-refractivity contribution in [1.29, 1.82) is 0 Å². The van der Waals surface area contributed by atoms with Crippen molar-refractivity contribution in [2.45, 2.75) is 82.3 Å². The van der Waals surface area contributed by atoms with E-state index in [9.17, 15) is 4.79 Å². The Morgan fingerprint density at radius 1 is 1.11 bits per heavy atom. The van der Waals surface area contributed by atoms with E-state index in [0.29, 0.717) is 29.5 Å². The molecule has 1 aromatic carbocycles. The van der Waals surface area contributed by atoms with Crippen LogP contribution in [-0.2, 0) is 4.79 Å². The fraction of sp³-hybridized carbons (Fsp3) is 0.591. The maximum Gasteiger partial charge on any atom is 0.234 e. The number of carbonyl (C=O) groups excluding carboxylic acids is 1. The van der Waals surface area contributed by atoms with Crippen LogP contribution in [0.15, 0.2) is 23.4 Å². The summed E-state index contributed by atoms with van der Waals surface area (Å²) >= 11 is 1.51. The van der Waals surface area contributed by atoms with Gasteiger partial charge in [0.1, 0.15) is 5.82 Å². The number of anilines is 1. The molecule has 1 N–H and O–H groups in total. The van der Waals surface area contributed by atoms with Crippen LogP contribution < -0.4 is 5.32 Å². The Balaban J connectivity index is 1.47. The minimum absolute atomic E-state index is 0.0262. The van der Waals surface area contributed by atoms with Gasteiger partial charge in [-0.05, 0) is 48.6 Å². The van der Waals surface area contributed by atoms with Gasteiger partial charge in [-0.3, -0.25) is 4.79 Å². The largest absolute Gasteiger partial charge is 0.325 e. The van der Waals surface area contributed by atoms with E-state index in [1.54, 1.807) is 0 Å². The van der Waals surface area contributed by atoms with Crippen molar-refractivity contribution in [1.82, 2.24) is 14.8 Å². The van der Waals surface area contributed by atoms with E-state index in [1.807, 2.05) is 0 Å². The second-order valence-electron chi connectivity index (χ2n) is 8.67. The summed E-state index contributed by atoms with van der Waals surface area (Å²) in [5, 5.41) is 12.9. The molecule has 0 bridgehead atoms. The summed E-state index contributed by atoms with van der Waals surface area (Å²) in [5.41, 5.74) is 3.38. The monoisotopic (exact) mass is 398 g/mol. The maximum atomic E-state index is 12.8. The van der Waals surface area contributed by atoms with Crippen molar-refractivity contribution in [3.05, 3.63) is 35.2 Å². The van der Waals surface area contributed by atoms with Crippen LogP contribution in [0.3, 0.4) is 0 Å². The summed E-state index contributed by atoms with van der Waals surface area (Å²) in [6, 6.07) is 6.87. The van der Waals surface area contributed by atoms with Crippen molar-refractivity contribution < 1.29 is 4.79 Å². The highest BCUT2D eigenvalue weighted by Crippen LogP contribution is 2.46. The number of hydrogen-bond donors (Lipinski definition) is 1. The predicted molar refractivity (Wildman–Crippen MR) is 114 cm³/mol. The lowest BCUT2D eigenvalue weighted by molar-refractivity contribution is -0.113. The van der Waals surface area contributed by atoms with Crippen LogP contribution >= 0.6 is 11.8 Å². The topological polar surface area (TPSA) is 59.8 Å². The Morgan fingerprint density at radius 3 is 2.29 bits per heavy atom. The number of carbonyl (C=O) groups is 1. The first-order valence-electron chi connectivity index (χ1n) is 10.5. The third-order valence-corrected chi connectivity index (χ3v) is 6.46. The summed E-state index contributed by atoms with van der Waals surface area (Å²) in [7, 11) is 0. The van der Waals surface area contributed by atoms with Gasteiger partial charge >= 0.3 is 0 Å². The second-order valence-corrected chi connectivity index (χ2v) is 9.62. The molecule has 2 aromatic rings. The van der Waals surface area contributed by atoms with Crippen molar-refractivity contribution in [3.8, 4) is 0 Å².